The second kappa shape index (κ2) is 17.4. The van der Waals surface area contributed by atoms with Gasteiger partial charge >= 0.3 is 0 Å². The van der Waals surface area contributed by atoms with Gasteiger partial charge in [0, 0.05) is 26.4 Å². The third-order valence-electron chi connectivity index (χ3n) is 5.68. The minimum Gasteiger partial charge on any atom is -0.379 e. The molecule has 0 aromatic heterocycles. The summed E-state index contributed by atoms with van der Waals surface area (Å²) in [5, 5.41) is 0. The third-order valence-corrected chi connectivity index (χ3v) is 5.68. The highest BCUT2D eigenvalue weighted by atomic mass is 16.6. The van der Waals surface area contributed by atoms with Crippen LogP contribution in [0.25, 0.3) is 0 Å². The molecule has 0 aromatic carbocycles. The first-order valence-corrected chi connectivity index (χ1v) is 12.7. The summed E-state index contributed by atoms with van der Waals surface area (Å²) >= 11 is 0. The van der Waals surface area contributed by atoms with E-state index in [0.717, 1.165) is 77.8 Å². The van der Waals surface area contributed by atoms with Crippen molar-refractivity contribution in [2.45, 2.75) is 123 Å². The van der Waals surface area contributed by atoms with Crippen molar-refractivity contribution in [3.05, 3.63) is 0 Å². The Morgan fingerprint density at radius 2 is 1.10 bits per heavy atom. The predicted molar refractivity (Wildman–Crippen MR) is 123 cm³/mol. The Bertz CT molecular complexity index is 390. The molecular weight excluding hydrogens is 380 g/mol. The van der Waals surface area contributed by atoms with Gasteiger partial charge < -0.3 is 23.7 Å². The Morgan fingerprint density at radius 3 is 1.60 bits per heavy atom. The zero-order chi connectivity index (χ0) is 22.2. The maximum absolute atomic E-state index is 6.60. The summed E-state index contributed by atoms with van der Waals surface area (Å²) in [6, 6.07) is 0. The molecule has 180 valence electrons. The van der Waals surface area contributed by atoms with E-state index >= 15 is 0 Å². The molecular formula is C25H50O5. The van der Waals surface area contributed by atoms with E-state index in [1.54, 1.807) is 0 Å². The van der Waals surface area contributed by atoms with Crippen LogP contribution in [0.1, 0.15) is 92.9 Å². The van der Waals surface area contributed by atoms with Crippen LogP contribution < -0.4 is 0 Å². The van der Waals surface area contributed by atoms with Crippen molar-refractivity contribution in [3.8, 4) is 0 Å². The van der Waals surface area contributed by atoms with Crippen LogP contribution >= 0.6 is 0 Å². The van der Waals surface area contributed by atoms with Crippen molar-refractivity contribution < 1.29 is 23.7 Å². The van der Waals surface area contributed by atoms with E-state index in [1.807, 2.05) is 0 Å². The first kappa shape index (κ1) is 27.8. The molecule has 1 aliphatic heterocycles. The highest BCUT2D eigenvalue weighted by Crippen LogP contribution is 2.32. The Morgan fingerprint density at radius 1 is 0.633 bits per heavy atom. The molecule has 1 heterocycles. The largest absolute Gasteiger partial charge is 0.379 e. The lowest BCUT2D eigenvalue weighted by Crippen LogP contribution is -2.62. The molecule has 0 saturated carbocycles. The van der Waals surface area contributed by atoms with E-state index in [2.05, 4.69) is 41.5 Å². The minimum absolute atomic E-state index is 0.0146. The van der Waals surface area contributed by atoms with Gasteiger partial charge in [0.1, 0.15) is 24.4 Å². The van der Waals surface area contributed by atoms with Crippen LogP contribution in [0.15, 0.2) is 0 Å². The van der Waals surface area contributed by atoms with Crippen LogP contribution in [0, 0.1) is 5.92 Å². The van der Waals surface area contributed by atoms with Gasteiger partial charge in [-0.05, 0) is 31.6 Å². The molecule has 0 aromatic rings. The second-order valence-electron chi connectivity index (χ2n) is 8.88. The molecule has 0 aliphatic carbocycles. The Hall–Kier alpha value is -0.200. The zero-order valence-electron chi connectivity index (χ0n) is 20.7. The molecule has 30 heavy (non-hydrogen) atoms. The molecule has 5 heteroatoms. The van der Waals surface area contributed by atoms with Gasteiger partial charge in [-0.25, -0.2) is 0 Å². The summed E-state index contributed by atoms with van der Waals surface area (Å²) < 4.78 is 31.8. The predicted octanol–water partition coefficient (Wildman–Crippen LogP) is 5.78. The molecule has 0 amide bonds. The number of unbranched alkanes of at least 4 members (excludes halogenated alkanes) is 4. The molecule has 1 saturated heterocycles. The average molecular weight is 431 g/mol. The van der Waals surface area contributed by atoms with E-state index < -0.39 is 0 Å². The van der Waals surface area contributed by atoms with E-state index in [9.17, 15) is 0 Å². The van der Waals surface area contributed by atoms with Gasteiger partial charge in [0.15, 0.2) is 0 Å². The normalized spacial score (nSPS) is 27.1. The lowest BCUT2D eigenvalue weighted by atomic mass is 9.88. The van der Waals surface area contributed by atoms with Gasteiger partial charge in [0.05, 0.1) is 12.7 Å². The molecule has 0 unspecified atom stereocenters. The van der Waals surface area contributed by atoms with Crippen molar-refractivity contribution >= 4 is 0 Å². The lowest BCUT2D eigenvalue weighted by Gasteiger charge is -2.47. The van der Waals surface area contributed by atoms with Gasteiger partial charge in [0.2, 0.25) is 0 Å². The van der Waals surface area contributed by atoms with Crippen molar-refractivity contribution in [1.82, 2.24) is 0 Å². The fourth-order valence-electron chi connectivity index (χ4n) is 3.73. The quantitative estimate of drug-likeness (QED) is 0.258. The van der Waals surface area contributed by atoms with Crippen molar-refractivity contribution in [2.24, 2.45) is 5.92 Å². The monoisotopic (exact) mass is 430 g/mol. The highest BCUT2D eigenvalue weighted by Gasteiger charge is 2.48. The SMILES string of the molecule is CCCCOC[C@H]1O[C@@H](C(C)C)[C@H](OCCCC)[C@@H](OCCCC)[C@@H]1OCCCC. The topological polar surface area (TPSA) is 46.2 Å². The summed E-state index contributed by atoms with van der Waals surface area (Å²) in [5.74, 6) is 0.337. The zero-order valence-corrected chi connectivity index (χ0v) is 20.7. The van der Waals surface area contributed by atoms with E-state index in [4.69, 9.17) is 23.7 Å². The van der Waals surface area contributed by atoms with E-state index in [0.29, 0.717) is 12.5 Å². The van der Waals surface area contributed by atoms with Crippen LogP contribution in [0.4, 0.5) is 0 Å². The number of hydrogen-bond acceptors (Lipinski definition) is 5. The van der Waals surface area contributed by atoms with Crippen LogP contribution in [-0.4, -0.2) is 63.6 Å². The lowest BCUT2D eigenvalue weighted by molar-refractivity contribution is -0.273. The first-order valence-electron chi connectivity index (χ1n) is 12.7. The fourth-order valence-corrected chi connectivity index (χ4v) is 3.73. The molecule has 0 bridgehead atoms. The molecule has 1 rings (SSSR count). The summed E-state index contributed by atoms with van der Waals surface area (Å²) in [6.07, 6.45) is 8.16. The highest BCUT2D eigenvalue weighted by molar-refractivity contribution is 4.96. The van der Waals surface area contributed by atoms with Crippen molar-refractivity contribution in [3.63, 3.8) is 0 Å². The fraction of sp³-hybridized carbons (Fsp3) is 1.00. The maximum Gasteiger partial charge on any atom is 0.115 e. The first-order chi connectivity index (χ1) is 14.6. The number of ether oxygens (including phenoxy) is 5. The minimum atomic E-state index is -0.156. The Kier molecular flexibility index (Phi) is 16.1. The van der Waals surface area contributed by atoms with Crippen LogP contribution in [-0.2, 0) is 23.7 Å². The van der Waals surface area contributed by atoms with Crippen LogP contribution in [0.2, 0.25) is 0 Å². The van der Waals surface area contributed by atoms with Gasteiger partial charge in [-0.3, -0.25) is 0 Å². The Balaban J connectivity index is 3.01. The van der Waals surface area contributed by atoms with Gasteiger partial charge in [-0.2, -0.15) is 0 Å². The average Bonchev–Trinajstić information content (AvgIpc) is 2.73. The molecule has 0 spiro atoms. The maximum atomic E-state index is 6.60. The summed E-state index contributed by atoms with van der Waals surface area (Å²) in [5.41, 5.74) is 0. The number of hydrogen-bond donors (Lipinski definition) is 0. The molecule has 0 N–H and O–H groups in total. The van der Waals surface area contributed by atoms with Crippen molar-refractivity contribution in [2.75, 3.05) is 33.0 Å². The summed E-state index contributed by atoms with van der Waals surface area (Å²) in [6.45, 7) is 16.7. The molecule has 1 aliphatic rings. The second-order valence-corrected chi connectivity index (χ2v) is 8.88. The smallest absolute Gasteiger partial charge is 0.115 e. The summed E-state index contributed by atoms with van der Waals surface area (Å²) in [4.78, 5) is 0. The van der Waals surface area contributed by atoms with Crippen molar-refractivity contribution in [1.29, 1.82) is 0 Å². The third kappa shape index (κ3) is 9.95. The molecule has 1 fully saturated rings. The summed E-state index contributed by atoms with van der Waals surface area (Å²) in [7, 11) is 0. The standard InChI is InChI=1S/C25H50O5/c1-7-11-15-26-19-21-23(27-16-12-8-2)25(29-18-14-10-4)24(28-17-13-9-3)22(30-21)20(5)6/h20-25H,7-19H2,1-6H3/t21-,22+,23-,24+,25+/m1/s1. The Labute approximate surface area is 186 Å². The van der Waals surface area contributed by atoms with Gasteiger partial charge in [0.25, 0.3) is 0 Å². The molecule has 5 atom stereocenters. The van der Waals surface area contributed by atoms with Crippen LogP contribution in [0.3, 0.4) is 0 Å². The van der Waals surface area contributed by atoms with Crippen LogP contribution in [0.5, 0.6) is 0 Å². The molecule has 0 radical (unpaired) electrons. The van der Waals surface area contributed by atoms with E-state index in [1.165, 1.54) is 0 Å². The van der Waals surface area contributed by atoms with E-state index in [-0.39, 0.29) is 30.5 Å². The van der Waals surface area contributed by atoms with Gasteiger partial charge in [-0.1, -0.05) is 67.2 Å². The number of rotatable bonds is 18. The van der Waals surface area contributed by atoms with Gasteiger partial charge in [-0.15, -0.1) is 0 Å². The molecule has 5 nitrogen and oxygen atoms in total.